The van der Waals surface area contributed by atoms with Crippen molar-refractivity contribution in [1.82, 2.24) is 9.78 Å². The van der Waals surface area contributed by atoms with E-state index in [9.17, 15) is 22.0 Å². The molecule has 1 aromatic heterocycles. The predicted octanol–water partition coefficient (Wildman–Crippen LogP) is 5.13. The van der Waals surface area contributed by atoms with Gasteiger partial charge in [-0.15, -0.1) is 0 Å². The van der Waals surface area contributed by atoms with Gasteiger partial charge >= 0.3 is 6.18 Å². The third-order valence-electron chi connectivity index (χ3n) is 5.10. The van der Waals surface area contributed by atoms with Crippen LogP contribution in [-0.4, -0.2) is 27.5 Å². The Kier molecular flexibility index (Phi) is 3.87. The molecule has 0 amide bonds. The summed E-state index contributed by atoms with van der Waals surface area (Å²) in [5.41, 5.74) is 1.64. The first-order valence-electron chi connectivity index (χ1n) is 8.41. The smallest absolute Gasteiger partial charge is 0.361 e. The number of ether oxygens (including phenoxy) is 1. The average Bonchev–Trinajstić information content (AvgIpc) is 3.09. The van der Waals surface area contributed by atoms with Crippen molar-refractivity contribution >= 4 is 0 Å². The molecule has 2 heterocycles. The van der Waals surface area contributed by atoms with Gasteiger partial charge in [0.1, 0.15) is 12.6 Å². The second kappa shape index (κ2) is 5.77. The highest BCUT2D eigenvalue weighted by Crippen LogP contribution is 2.59. The highest BCUT2D eigenvalue weighted by Gasteiger charge is 2.60. The van der Waals surface area contributed by atoms with Crippen LogP contribution in [0.25, 0.3) is 11.1 Å². The maximum absolute atomic E-state index is 13.4. The summed E-state index contributed by atoms with van der Waals surface area (Å²) in [5, 5.41) is 3.75. The number of hydrogen-bond donors (Lipinski definition) is 0. The standard InChI is InChI=1S/C18H17F5N2O/c19-17(20)6-4-16(5-7-17)15(26-16)13-3-1-2-12(8-13)14-9-24-25(10-14)11-18(21,22)23/h1-3,8-10,15H,4-7,11H2. The Morgan fingerprint density at radius 2 is 1.85 bits per heavy atom. The third kappa shape index (κ3) is 3.47. The van der Waals surface area contributed by atoms with E-state index >= 15 is 0 Å². The number of halogens is 5. The molecule has 26 heavy (non-hydrogen) atoms. The molecule has 1 aliphatic heterocycles. The van der Waals surface area contributed by atoms with Crippen molar-refractivity contribution in [3.05, 3.63) is 42.2 Å². The van der Waals surface area contributed by atoms with Crippen molar-refractivity contribution in [3.8, 4) is 11.1 Å². The third-order valence-corrected chi connectivity index (χ3v) is 5.10. The summed E-state index contributed by atoms with van der Waals surface area (Å²) in [6.45, 7) is -1.14. The quantitative estimate of drug-likeness (QED) is 0.552. The minimum atomic E-state index is -4.33. The lowest BCUT2D eigenvalue weighted by Gasteiger charge is -2.26. The highest BCUT2D eigenvalue weighted by atomic mass is 19.4. The van der Waals surface area contributed by atoms with Crippen molar-refractivity contribution in [1.29, 1.82) is 0 Å². The van der Waals surface area contributed by atoms with Gasteiger partial charge in [-0.3, -0.25) is 4.68 Å². The van der Waals surface area contributed by atoms with E-state index < -0.39 is 24.2 Å². The topological polar surface area (TPSA) is 30.4 Å². The molecule has 0 N–H and O–H groups in total. The SMILES string of the molecule is FC(F)(F)Cn1cc(-c2cccc(C3OC34CCC(F)(F)CC4)c2)cn1. The number of alkyl halides is 5. The van der Waals surface area contributed by atoms with E-state index in [0.29, 0.717) is 18.4 Å². The van der Waals surface area contributed by atoms with Gasteiger partial charge in [0, 0.05) is 24.6 Å². The molecule has 2 aromatic rings. The largest absolute Gasteiger partial charge is 0.408 e. The van der Waals surface area contributed by atoms with Gasteiger partial charge in [0.15, 0.2) is 0 Å². The molecule has 8 heteroatoms. The number of hydrogen-bond acceptors (Lipinski definition) is 2. The second-order valence-electron chi connectivity index (χ2n) is 7.09. The van der Waals surface area contributed by atoms with Crippen LogP contribution in [0.2, 0.25) is 0 Å². The molecule has 0 radical (unpaired) electrons. The molecular formula is C18H17F5N2O. The summed E-state index contributed by atoms with van der Waals surface area (Å²) in [7, 11) is 0. The Bertz CT molecular complexity index is 804. The summed E-state index contributed by atoms with van der Waals surface area (Å²) in [5.74, 6) is -2.61. The first-order chi connectivity index (χ1) is 12.2. The molecule has 1 spiro atoms. The predicted molar refractivity (Wildman–Crippen MR) is 83.7 cm³/mol. The molecule has 1 saturated carbocycles. The van der Waals surface area contributed by atoms with E-state index in [4.69, 9.17) is 4.74 Å². The Morgan fingerprint density at radius 3 is 2.54 bits per heavy atom. The van der Waals surface area contributed by atoms with Crippen LogP contribution in [0.15, 0.2) is 36.7 Å². The van der Waals surface area contributed by atoms with E-state index in [-0.39, 0.29) is 18.9 Å². The Balaban J connectivity index is 1.50. The molecule has 1 saturated heterocycles. The number of rotatable bonds is 3. The molecule has 1 aromatic carbocycles. The monoisotopic (exact) mass is 372 g/mol. The molecule has 2 aliphatic rings. The van der Waals surface area contributed by atoms with Crippen molar-refractivity contribution in [2.45, 2.75) is 56.0 Å². The van der Waals surface area contributed by atoms with Crippen LogP contribution in [0.4, 0.5) is 22.0 Å². The first-order valence-corrected chi connectivity index (χ1v) is 8.41. The zero-order chi connectivity index (χ0) is 18.6. The Labute approximate surface area is 146 Å². The van der Waals surface area contributed by atoms with Gasteiger partial charge in [0.25, 0.3) is 0 Å². The number of epoxide rings is 1. The maximum atomic E-state index is 13.4. The number of benzene rings is 1. The molecule has 1 atom stereocenters. The summed E-state index contributed by atoms with van der Waals surface area (Å²) in [6.07, 6.45) is -1.55. The number of aromatic nitrogens is 2. The van der Waals surface area contributed by atoms with Crippen LogP contribution >= 0.6 is 0 Å². The maximum Gasteiger partial charge on any atom is 0.408 e. The zero-order valence-electron chi connectivity index (χ0n) is 13.8. The van der Waals surface area contributed by atoms with Crippen LogP contribution in [0.1, 0.15) is 37.4 Å². The van der Waals surface area contributed by atoms with E-state index in [1.807, 2.05) is 12.1 Å². The van der Waals surface area contributed by atoms with Gasteiger partial charge in [-0.1, -0.05) is 18.2 Å². The van der Waals surface area contributed by atoms with Crippen LogP contribution in [0, 0.1) is 0 Å². The van der Waals surface area contributed by atoms with Crippen molar-refractivity contribution in [3.63, 3.8) is 0 Å². The fourth-order valence-corrected chi connectivity index (χ4v) is 3.66. The van der Waals surface area contributed by atoms with Crippen LogP contribution in [0.5, 0.6) is 0 Å². The van der Waals surface area contributed by atoms with Crippen molar-refractivity contribution in [2.75, 3.05) is 0 Å². The molecule has 1 unspecified atom stereocenters. The van der Waals surface area contributed by atoms with Gasteiger partial charge in [0.2, 0.25) is 5.92 Å². The van der Waals surface area contributed by atoms with Crippen LogP contribution in [0.3, 0.4) is 0 Å². The summed E-state index contributed by atoms with van der Waals surface area (Å²) >= 11 is 0. The Morgan fingerprint density at radius 1 is 1.12 bits per heavy atom. The van der Waals surface area contributed by atoms with E-state index in [0.717, 1.165) is 15.8 Å². The van der Waals surface area contributed by atoms with E-state index in [2.05, 4.69) is 5.10 Å². The fourth-order valence-electron chi connectivity index (χ4n) is 3.66. The highest BCUT2D eigenvalue weighted by molar-refractivity contribution is 5.63. The van der Waals surface area contributed by atoms with Crippen molar-refractivity contribution < 1.29 is 26.7 Å². The molecule has 0 bridgehead atoms. The zero-order valence-corrected chi connectivity index (χ0v) is 13.8. The van der Waals surface area contributed by atoms with Gasteiger partial charge in [-0.05, 0) is 30.0 Å². The fraction of sp³-hybridized carbons (Fsp3) is 0.500. The van der Waals surface area contributed by atoms with Crippen LogP contribution < -0.4 is 0 Å². The summed E-state index contributed by atoms with van der Waals surface area (Å²) in [6, 6.07) is 7.26. The minimum absolute atomic E-state index is 0.173. The molecule has 3 nitrogen and oxygen atoms in total. The lowest BCUT2D eigenvalue weighted by molar-refractivity contribution is -0.142. The molecule has 2 fully saturated rings. The van der Waals surface area contributed by atoms with E-state index in [1.54, 1.807) is 12.1 Å². The minimum Gasteiger partial charge on any atom is -0.361 e. The number of nitrogens with zero attached hydrogens (tertiary/aromatic N) is 2. The summed E-state index contributed by atoms with van der Waals surface area (Å²) in [4.78, 5) is 0. The van der Waals surface area contributed by atoms with Gasteiger partial charge in [-0.25, -0.2) is 8.78 Å². The summed E-state index contributed by atoms with van der Waals surface area (Å²) < 4.78 is 70.7. The lowest BCUT2D eigenvalue weighted by Crippen LogP contribution is -2.29. The molecular weight excluding hydrogens is 355 g/mol. The van der Waals surface area contributed by atoms with Gasteiger partial charge < -0.3 is 4.74 Å². The molecule has 140 valence electrons. The normalized spacial score (nSPS) is 24.0. The average molecular weight is 372 g/mol. The van der Waals surface area contributed by atoms with Crippen LogP contribution in [-0.2, 0) is 11.3 Å². The molecule has 4 rings (SSSR count). The Hall–Kier alpha value is -1.96. The van der Waals surface area contributed by atoms with E-state index in [1.165, 1.54) is 12.4 Å². The first kappa shape index (κ1) is 17.5. The second-order valence-corrected chi connectivity index (χ2v) is 7.09. The molecule has 1 aliphatic carbocycles. The van der Waals surface area contributed by atoms with Crippen molar-refractivity contribution in [2.24, 2.45) is 0 Å². The lowest BCUT2D eigenvalue weighted by atomic mass is 9.82. The van der Waals surface area contributed by atoms with Gasteiger partial charge in [0.05, 0.1) is 11.8 Å². The van der Waals surface area contributed by atoms with Gasteiger partial charge in [-0.2, -0.15) is 18.3 Å².